The van der Waals surface area contributed by atoms with E-state index >= 15 is 0 Å². The summed E-state index contributed by atoms with van der Waals surface area (Å²) in [5.74, 6) is 0.387. The molecule has 0 spiro atoms. The Morgan fingerprint density at radius 3 is 1.89 bits per heavy atom. The van der Waals surface area contributed by atoms with Crippen molar-refractivity contribution >= 4 is 14.6 Å². The molecule has 0 aliphatic carbocycles. The normalized spacial score (nSPS) is 10.6. The van der Waals surface area contributed by atoms with E-state index in [0.29, 0.717) is 5.75 Å². The quantitative estimate of drug-likeness (QED) is 0.625. The Labute approximate surface area is 118 Å². The Balaban J connectivity index is 0.000000459. The molecule has 0 aliphatic heterocycles. The van der Waals surface area contributed by atoms with Crippen molar-refractivity contribution in [3.05, 3.63) is 28.8 Å². The van der Waals surface area contributed by atoms with Gasteiger partial charge in [0.25, 0.3) is 0 Å². The van der Waals surface area contributed by atoms with Gasteiger partial charge in [-0.2, -0.15) is 0 Å². The van der Waals surface area contributed by atoms with Crippen molar-refractivity contribution in [2.24, 2.45) is 0 Å². The molecule has 0 fully saturated rings. The van der Waals surface area contributed by atoms with Crippen LogP contribution in [-0.4, -0.2) is 33.5 Å². The molecular formula is C14H25BO3P-. The third-order valence-electron chi connectivity index (χ3n) is 3.18. The summed E-state index contributed by atoms with van der Waals surface area (Å²) in [5, 5.41) is 20.5. The summed E-state index contributed by atoms with van der Waals surface area (Å²) in [6, 6.07) is 3.49. The first-order chi connectivity index (χ1) is 8.58. The molecule has 0 saturated heterocycles. The lowest BCUT2D eigenvalue weighted by Gasteiger charge is -2.28. The molecule has 0 radical (unpaired) electrons. The van der Waals surface area contributed by atoms with Crippen LogP contribution in [0.4, 0.5) is 0 Å². The van der Waals surface area contributed by atoms with Crippen LogP contribution in [0.2, 0.25) is 0 Å². The standard InChI is InChI=1S/C9H11BO3.C5H14P/c1-6-4-5-9(13-10(11)12)8(3)7(6)2;1-5-6(2,3)4/h4-5H,1-3H3;5H2,1-4H3/q-2;+1. The Hall–Kier alpha value is -0.565. The summed E-state index contributed by atoms with van der Waals surface area (Å²) >= 11 is 0. The van der Waals surface area contributed by atoms with Crippen LogP contribution >= 0.6 is 7.26 Å². The highest BCUT2D eigenvalue weighted by Gasteiger charge is 2.10. The van der Waals surface area contributed by atoms with Crippen LogP contribution in [0, 0.1) is 20.8 Å². The summed E-state index contributed by atoms with van der Waals surface area (Å²) in [4.78, 5) is 0. The molecule has 0 heterocycles. The highest BCUT2D eigenvalue weighted by molar-refractivity contribution is 7.73. The van der Waals surface area contributed by atoms with E-state index in [0.717, 1.165) is 16.7 Å². The van der Waals surface area contributed by atoms with E-state index in [1.165, 1.54) is 6.16 Å². The molecule has 5 heteroatoms. The van der Waals surface area contributed by atoms with Crippen molar-refractivity contribution in [3.8, 4) is 5.75 Å². The van der Waals surface area contributed by atoms with Gasteiger partial charge in [-0.15, -0.1) is 0 Å². The average molecular weight is 283 g/mol. The Bertz CT molecular complexity index is 400. The van der Waals surface area contributed by atoms with E-state index in [-0.39, 0.29) is 0 Å². The SMILES string of the molecule is CC[P+](C)(C)C.Cc1ccc(OB([O-])[O-])c(C)c1C. The minimum absolute atomic E-state index is 0.387. The minimum Gasteiger partial charge on any atom is -0.860 e. The molecule has 0 bridgehead atoms. The van der Waals surface area contributed by atoms with Gasteiger partial charge in [-0.3, -0.25) is 0 Å². The third kappa shape index (κ3) is 7.56. The lowest BCUT2D eigenvalue weighted by Crippen LogP contribution is -2.50. The summed E-state index contributed by atoms with van der Waals surface area (Å²) < 4.78 is 4.57. The zero-order chi connectivity index (χ0) is 15.2. The maximum absolute atomic E-state index is 10.3. The maximum Gasteiger partial charge on any atom is 0.133 e. The van der Waals surface area contributed by atoms with Gasteiger partial charge in [-0.1, -0.05) is 6.07 Å². The molecule has 3 nitrogen and oxygen atoms in total. The molecule has 1 aromatic rings. The second-order valence-corrected chi connectivity index (χ2v) is 10.9. The molecule has 0 atom stereocenters. The molecular weight excluding hydrogens is 258 g/mol. The molecule has 19 heavy (non-hydrogen) atoms. The van der Waals surface area contributed by atoms with Crippen molar-refractivity contribution in [1.82, 2.24) is 0 Å². The van der Waals surface area contributed by atoms with Gasteiger partial charge >= 0.3 is 0 Å². The molecule has 1 aromatic carbocycles. The van der Waals surface area contributed by atoms with Gasteiger partial charge in [0.05, 0.1) is 11.9 Å². The Morgan fingerprint density at radius 1 is 1.05 bits per heavy atom. The van der Waals surface area contributed by atoms with Crippen molar-refractivity contribution < 1.29 is 14.7 Å². The second-order valence-electron chi connectivity index (χ2n) is 5.64. The van der Waals surface area contributed by atoms with Crippen LogP contribution in [0.15, 0.2) is 12.1 Å². The molecule has 0 saturated carbocycles. The minimum atomic E-state index is -2.25. The number of aryl methyl sites for hydroxylation is 1. The number of hydrogen-bond donors (Lipinski definition) is 0. The van der Waals surface area contributed by atoms with Gasteiger partial charge in [-0.25, -0.2) is 0 Å². The van der Waals surface area contributed by atoms with Crippen LogP contribution in [-0.2, 0) is 0 Å². The largest absolute Gasteiger partial charge is 0.860 e. The van der Waals surface area contributed by atoms with Crippen molar-refractivity contribution in [2.75, 3.05) is 26.2 Å². The van der Waals surface area contributed by atoms with Crippen molar-refractivity contribution in [3.63, 3.8) is 0 Å². The molecule has 108 valence electrons. The van der Waals surface area contributed by atoms with Gasteiger partial charge in [0.1, 0.15) is 7.32 Å². The van der Waals surface area contributed by atoms with E-state index in [1.54, 1.807) is 6.07 Å². The predicted octanol–water partition coefficient (Wildman–Crippen LogP) is 1.61. The third-order valence-corrected chi connectivity index (χ3v) is 5.08. The van der Waals surface area contributed by atoms with E-state index in [4.69, 9.17) is 0 Å². The van der Waals surface area contributed by atoms with Crippen LogP contribution < -0.4 is 14.7 Å². The first-order valence-corrected chi connectivity index (χ1v) is 9.75. The number of hydrogen-bond acceptors (Lipinski definition) is 3. The van der Waals surface area contributed by atoms with Crippen molar-refractivity contribution in [1.29, 1.82) is 0 Å². The first-order valence-electron chi connectivity index (χ1n) is 6.44. The van der Waals surface area contributed by atoms with E-state index in [1.807, 2.05) is 26.8 Å². The average Bonchev–Trinajstić information content (AvgIpc) is 2.29. The second kappa shape index (κ2) is 7.89. The monoisotopic (exact) mass is 283 g/mol. The van der Waals surface area contributed by atoms with E-state index in [2.05, 4.69) is 31.6 Å². The lowest BCUT2D eigenvalue weighted by molar-refractivity contribution is -0.372. The van der Waals surface area contributed by atoms with Gasteiger partial charge < -0.3 is 14.7 Å². The maximum atomic E-state index is 10.3. The summed E-state index contributed by atoms with van der Waals surface area (Å²) in [5.41, 5.74) is 3.04. The topological polar surface area (TPSA) is 55.3 Å². The predicted molar refractivity (Wildman–Crippen MR) is 82.3 cm³/mol. The fraction of sp³-hybridized carbons (Fsp3) is 0.571. The van der Waals surface area contributed by atoms with Gasteiger partial charge in [0, 0.05) is 27.3 Å². The van der Waals surface area contributed by atoms with Gasteiger partial charge in [0.2, 0.25) is 0 Å². The van der Waals surface area contributed by atoms with Gasteiger partial charge in [0.15, 0.2) is 0 Å². The zero-order valence-corrected chi connectivity index (χ0v) is 14.0. The van der Waals surface area contributed by atoms with Crippen LogP contribution in [0.3, 0.4) is 0 Å². The molecule has 0 amide bonds. The Morgan fingerprint density at radius 2 is 1.53 bits per heavy atom. The van der Waals surface area contributed by atoms with Crippen LogP contribution in [0.1, 0.15) is 23.6 Å². The Kier molecular flexibility index (Phi) is 7.65. The number of benzene rings is 1. The molecule has 0 unspecified atom stereocenters. The van der Waals surface area contributed by atoms with Crippen molar-refractivity contribution in [2.45, 2.75) is 27.7 Å². The molecule has 0 N–H and O–H groups in total. The first kappa shape index (κ1) is 18.4. The van der Waals surface area contributed by atoms with Crippen LogP contribution in [0.5, 0.6) is 5.75 Å². The molecule has 0 aromatic heterocycles. The highest BCUT2D eigenvalue weighted by Crippen LogP contribution is 2.45. The summed E-state index contributed by atoms with van der Waals surface area (Å²) in [6.07, 6.45) is 1.38. The molecule has 0 aliphatic rings. The smallest absolute Gasteiger partial charge is 0.133 e. The van der Waals surface area contributed by atoms with Gasteiger partial charge in [-0.05, 0) is 50.5 Å². The zero-order valence-electron chi connectivity index (χ0n) is 13.1. The lowest BCUT2D eigenvalue weighted by atomic mass is 10.0. The fourth-order valence-corrected chi connectivity index (χ4v) is 1.16. The molecule has 1 rings (SSSR count). The van der Waals surface area contributed by atoms with Crippen LogP contribution in [0.25, 0.3) is 0 Å². The van der Waals surface area contributed by atoms with E-state index in [9.17, 15) is 10.0 Å². The highest BCUT2D eigenvalue weighted by atomic mass is 31.2. The number of rotatable bonds is 3. The van der Waals surface area contributed by atoms with E-state index < -0.39 is 14.6 Å². The summed E-state index contributed by atoms with van der Waals surface area (Å²) in [7, 11) is -2.65. The summed E-state index contributed by atoms with van der Waals surface area (Å²) in [6.45, 7) is 15.1. The fourth-order valence-electron chi connectivity index (χ4n) is 1.16.